The molecule has 9 heteroatoms. The average Bonchev–Trinajstić information content (AvgIpc) is 3.25. The molecule has 1 aromatic heterocycles. The van der Waals surface area contributed by atoms with E-state index in [0.717, 1.165) is 5.56 Å². The molecule has 1 heterocycles. The standard InChI is InChI=1S/C29H27FN2O6/c1-17-25(31-28(35)36-18(2)19-8-6-5-7-9-19)26(38-32-17)21-12-10-20(11-13-21)22-14-15-24(23(30)16-22)37-29(3,4)27(33)34/h5-16,18H,1-4H3,(H,31,35)(H,33,34). The number of hydrogen-bond acceptors (Lipinski definition) is 6. The Morgan fingerprint density at radius 1 is 1.00 bits per heavy atom. The van der Waals surface area contributed by atoms with E-state index in [1.54, 1.807) is 44.2 Å². The molecule has 0 aliphatic rings. The number of nitrogens with one attached hydrogen (secondary N) is 1. The van der Waals surface area contributed by atoms with Gasteiger partial charge in [-0.15, -0.1) is 0 Å². The van der Waals surface area contributed by atoms with Gasteiger partial charge in [0.25, 0.3) is 0 Å². The molecule has 0 saturated heterocycles. The lowest BCUT2D eigenvalue weighted by Gasteiger charge is -2.22. The van der Waals surface area contributed by atoms with Crippen LogP contribution in [0.25, 0.3) is 22.5 Å². The zero-order chi connectivity index (χ0) is 27.4. The minimum absolute atomic E-state index is 0.154. The highest BCUT2D eigenvalue weighted by molar-refractivity contribution is 5.91. The minimum Gasteiger partial charge on any atom is -0.478 e. The number of nitrogens with zero attached hydrogens (tertiary/aromatic N) is 1. The normalized spacial score (nSPS) is 12.0. The fourth-order valence-electron chi connectivity index (χ4n) is 3.69. The lowest BCUT2D eigenvalue weighted by atomic mass is 10.0. The third-order valence-corrected chi connectivity index (χ3v) is 5.94. The summed E-state index contributed by atoms with van der Waals surface area (Å²) in [6, 6.07) is 20.7. The van der Waals surface area contributed by atoms with Crippen LogP contribution in [0.2, 0.25) is 0 Å². The van der Waals surface area contributed by atoms with Crippen molar-refractivity contribution < 1.29 is 33.1 Å². The lowest BCUT2D eigenvalue weighted by molar-refractivity contribution is -0.152. The van der Waals surface area contributed by atoms with Crippen molar-refractivity contribution in [1.29, 1.82) is 0 Å². The van der Waals surface area contributed by atoms with Gasteiger partial charge in [-0.05, 0) is 56.5 Å². The van der Waals surface area contributed by atoms with Gasteiger partial charge in [0.15, 0.2) is 22.9 Å². The van der Waals surface area contributed by atoms with E-state index in [9.17, 15) is 19.1 Å². The van der Waals surface area contributed by atoms with E-state index in [4.69, 9.17) is 14.0 Å². The van der Waals surface area contributed by atoms with Gasteiger partial charge in [0.05, 0.1) is 0 Å². The molecular formula is C29H27FN2O6. The smallest absolute Gasteiger partial charge is 0.412 e. The number of aliphatic carboxylic acids is 1. The fourth-order valence-corrected chi connectivity index (χ4v) is 3.69. The van der Waals surface area contributed by atoms with Gasteiger partial charge in [-0.2, -0.15) is 0 Å². The molecule has 196 valence electrons. The summed E-state index contributed by atoms with van der Waals surface area (Å²) in [4.78, 5) is 23.8. The molecule has 2 N–H and O–H groups in total. The molecule has 0 radical (unpaired) electrons. The van der Waals surface area contributed by atoms with Crippen LogP contribution in [0.3, 0.4) is 0 Å². The molecule has 0 fully saturated rings. The Bertz CT molecular complexity index is 1450. The molecule has 0 aliphatic heterocycles. The van der Waals surface area contributed by atoms with E-state index in [-0.39, 0.29) is 5.75 Å². The van der Waals surface area contributed by atoms with Crippen LogP contribution in [0, 0.1) is 12.7 Å². The maximum atomic E-state index is 14.7. The van der Waals surface area contributed by atoms with Gasteiger partial charge in [0.1, 0.15) is 17.5 Å². The summed E-state index contributed by atoms with van der Waals surface area (Å²) in [5.41, 5.74) is 2.08. The Morgan fingerprint density at radius 3 is 2.26 bits per heavy atom. The molecule has 3 aromatic carbocycles. The van der Waals surface area contributed by atoms with E-state index in [2.05, 4.69) is 10.5 Å². The number of halogens is 1. The summed E-state index contributed by atoms with van der Waals surface area (Å²) in [6.07, 6.45) is -1.10. The molecule has 1 unspecified atom stereocenters. The number of hydrogen-bond donors (Lipinski definition) is 2. The van der Waals surface area contributed by atoms with E-state index < -0.39 is 29.6 Å². The molecule has 0 saturated carbocycles. The van der Waals surface area contributed by atoms with Crippen LogP contribution in [-0.2, 0) is 9.53 Å². The van der Waals surface area contributed by atoms with Gasteiger partial charge < -0.3 is 19.1 Å². The summed E-state index contributed by atoms with van der Waals surface area (Å²) in [5, 5.41) is 15.9. The maximum absolute atomic E-state index is 14.7. The first-order valence-corrected chi connectivity index (χ1v) is 11.9. The Labute approximate surface area is 219 Å². The first-order chi connectivity index (χ1) is 18.0. The second-order valence-corrected chi connectivity index (χ2v) is 9.20. The highest BCUT2D eigenvalue weighted by Gasteiger charge is 2.30. The van der Waals surface area contributed by atoms with Crippen LogP contribution in [-0.4, -0.2) is 27.9 Å². The maximum Gasteiger partial charge on any atom is 0.412 e. The first kappa shape index (κ1) is 26.4. The number of amides is 1. The van der Waals surface area contributed by atoms with Gasteiger partial charge >= 0.3 is 12.1 Å². The first-order valence-electron chi connectivity index (χ1n) is 11.9. The number of carboxylic acids is 1. The second kappa shape index (κ2) is 10.8. The Balaban J connectivity index is 1.49. The predicted molar refractivity (Wildman–Crippen MR) is 139 cm³/mol. The van der Waals surface area contributed by atoms with Gasteiger partial charge in [-0.25, -0.2) is 14.0 Å². The SMILES string of the molecule is Cc1noc(-c2ccc(-c3ccc(OC(C)(C)C(=O)O)c(F)c3)cc2)c1NC(=O)OC(C)c1ccccc1. The van der Waals surface area contributed by atoms with Gasteiger partial charge in [0.2, 0.25) is 0 Å². The highest BCUT2D eigenvalue weighted by atomic mass is 19.1. The van der Waals surface area contributed by atoms with Crippen molar-refractivity contribution in [1.82, 2.24) is 5.16 Å². The number of rotatable bonds is 8. The Hall–Kier alpha value is -4.66. The monoisotopic (exact) mass is 518 g/mol. The van der Waals surface area contributed by atoms with Crippen LogP contribution in [0.15, 0.2) is 77.3 Å². The number of benzene rings is 3. The summed E-state index contributed by atoms with van der Waals surface area (Å²) < 4.78 is 30.9. The molecule has 38 heavy (non-hydrogen) atoms. The quantitative estimate of drug-likeness (QED) is 0.258. The molecule has 1 atom stereocenters. The van der Waals surface area contributed by atoms with Crippen LogP contribution in [0.1, 0.15) is 38.1 Å². The third kappa shape index (κ3) is 5.83. The number of anilines is 1. The van der Waals surface area contributed by atoms with Crippen molar-refractivity contribution in [3.8, 4) is 28.2 Å². The molecule has 8 nitrogen and oxygen atoms in total. The second-order valence-electron chi connectivity index (χ2n) is 9.20. The summed E-state index contributed by atoms with van der Waals surface area (Å²) in [7, 11) is 0. The Kier molecular flexibility index (Phi) is 7.47. The number of carbonyl (C=O) groups excluding carboxylic acids is 1. The van der Waals surface area contributed by atoms with E-state index in [1.165, 1.54) is 26.0 Å². The molecule has 0 aliphatic carbocycles. The highest BCUT2D eigenvalue weighted by Crippen LogP contribution is 2.34. The van der Waals surface area contributed by atoms with Crippen molar-refractivity contribution in [2.24, 2.45) is 0 Å². The minimum atomic E-state index is -1.57. The van der Waals surface area contributed by atoms with Gasteiger partial charge in [-0.1, -0.05) is 65.8 Å². The van der Waals surface area contributed by atoms with E-state index in [1.807, 2.05) is 30.3 Å². The molecule has 0 spiro atoms. The number of aromatic nitrogens is 1. The molecule has 0 bridgehead atoms. The number of carboxylic acid groups (broad SMARTS) is 1. The Morgan fingerprint density at radius 2 is 1.63 bits per heavy atom. The number of ether oxygens (including phenoxy) is 2. The zero-order valence-electron chi connectivity index (χ0n) is 21.3. The molecule has 4 rings (SSSR count). The summed E-state index contributed by atoms with van der Waals surface area (Å²) in [6.45, 7) is 6.18. The largest absolute Gasteiger partial charge is 0.478 e. The summed E-state index contributed by atoms with van der Waals surface area (Å²) in [5.74, 6) is -1.68. The number of carbonyl (C=O) groups is 2. The third-order valence-electron chi connectivity index (χ3n) is 5.94. The van der Waals surface area contributed by atoms with Crippen molar-refractivity contribution in [2.45, 2.75) is 39.4 Å². The lowest BCUT2D eigenvalue weighted by Crippen LogP contribution is -2.38. The van der Waals surface area contributed by atoms with E-state index >= 15 is 0 Å². The van der Waals surface area contributed by atoms with Crippen molar-refractivity contribution in [3.05, 3.63) is 89.9 Å². The van der Waals surface area contributed by atoms with Gasteiger partial charge in [-0.3, -0.25) is 5.32 Å². The van der Waals surface area contributed by atoms with Crippen LogP contribution >= 0.6 is 0 Å². The topological polar surface area (TPSA) is 111 Å². The average molecular weight is 519 g/mol. The number of aryl methyl sites for hydroxylation is 1. The fraction of sp³-hybridized carbons (Fsp3) is 0.207. The van der Waals surface area contributed by atoms with Crippen molar-refractivity contribution in [2.75, 3.05) is 5.32 Å². The molecular weight excluding hydrogens is 491 g/mol. The summed E-state index contributed by atoms with van der Waals surface area (Å²) >= 11 is 0. The van der Waals surface area contributed by atoms with Crippen molar-refractivity contribution >= 4 is 17.7 Å². The van der Waals surface area contributed by atoms with Gasteiger partial charge in [0, 0.05) is 5.56 Å². The van der Waals surface area contributed by atoms with Crippen molar-refractivity contribution in [3.63, 3.8) is 0 Å². The zero-order valence-corrected chi connectivity index (χ0v) is 21.3. The van der Waals surface area contributed by atoms with E-state index in [0.29, 0.717) is 33.8 Å². The molecule has 1 amide bonds. The molecule has 4 aromatic rings. The van der Waals surface area contributed by atoms with Crippen LogP contribution in [0.4, 0.5) is 14.9 Å². The van der Waals surface area contributed by atoms with Crippen LogP contribution < -0.4 is 10.1 Å². The predicted octanol–water partition coefficient (Wildman–Crippen LogP) is 7.01. The van der Waals surface area contributed by atoms with Crippen LogP contribution in [0.5, 0.6) is 5.75 Å².